The van der Waals surface area contributed by atoms with Gasteiger partial charge in [-0.25, -0.2) is 0 Å². The van der Waals surface area contributed by atoms with Gasteiger partial charge in [-0.3, -0.25) is 0 Å². The lowest BCUT2D eigenvalue weighted by Gasteiger charge is -2.11. The second-order valence-corrected chi connectivity index (χ2v) is 4.99. The van der Waals surface area contributed by atoms with Gasteiger partial charge in [-0.15, -0.1) is 0 Å². The van der Waals surface area contributed by atoms with E-state index in [2.05, 4.69) is 21.7 Å². The van der Waals surface area contributed by atoms with E-state index in [4.69, 9.17) is 4.52 Å². The van der Waals surface area contributed by atoms with E-state index in [-0.39, 0.29) is 0 Å². The van der Waals surface area contributed by atoms with E-state index in [0.717, 1.165) is 12.4 Å². The molecule has 4 nitrogen and oxygen atoms in total. The predicted molar refractivity (Wildman–Crippen MR) is 56.2 cm³/mol. The van der Waals surface area contributed by atoms with Crippen LogP contribution in [0.1, 0.15) is 24.6 Å². The van der Waals surface area contributed by atoms with Crippen LogP contribution in [0.2, 0.25) is 0 Å². The zero-order valence-electron chi connectivity index (χ0n) is 8.54. The molecule has 1 saturated carbocycles. The normalized spacial score (nSPS) is 18.4. The van der Waals surface area contributed by atoms with Crippen molar-refractivity contribution in [3.05, 3.63) is 11.7 Å². The van der Waals surface area contributed by atoms with Gasteiger partial charge >= 0.3 is 0 Å². The van der Waals surface area contributed by atoms with Gasteiger partial charge in [-0.05, 0) is 19.1 Å². The topological polar surface area (TPSA) is 51.0 Å². The molecule has 1 N–H and O–H groups in total. The number of rotatable bonds is 5. The predicted octanol–water partition coefficient (Wildman–Crippen LogP) is 1.36. The van der Waals surface area contributed by atoms with E-state index in [9.17, 15) is 0 Å². The fraction of sp³-hybridized carbons (Fsp3) is 0.778. The van der Waals surface area contributed by atoms with Crippen molar-refractivity contribution >= 4 is 11.8 Å². The maximum Gasteiger partial charge on any atom is 0.223 e. The van der Waals surface area contributed by atoms with Crippen LogP contribution in [0.3, 0.4) is 0 Å². The van der Waals surface area contributed by atoms with Gasteiger partial charge in [0.05, 0.1) is 6.54 Å². The molecule has 0 radical (unpaired) electrons. The Labute approximate surface area is 87.8 Å². The van der Waals surface area contributed by atoms with Crippen molar-refractivity contribution in [3.63, 3.8) is 0 Å². The summed E-state index contributed by atoms with van der Waals surface area (Å²) in [6.07, 6.45) is 4.83. The molecule has 0 bridgehead atoms. The minimum absolute atomic E-state index is 0.499. The number of hydrogen-bond acceptors (Lipinski definition) is 5. The molecular weight excluding hydrogens is 198 g/mol. The van der Waals surface area contributed by atoms with Gasteiger partial charge in [-0.2, -0.15) is 16.7 Å². The molecule has 1 aliphatic rings. The lowest BCUT2D eigenvalue weighted by molar-refractivity contribution is 0.385. The number of aromatic nitrogens is 2. The summed E-state index contributed by atoms with van der Waals surface area (Å²) >= 11 is 1.95. The summed E-state index contributed by atoms with van der Waals surface area (Å²) in [5.74, 6) is 1.38. The van der Waals surface area contributed by atoms with Crippen molar-refractivity contribution in [1.29, 1.82) is 0 Å². The van der Waals surface area contributed by atoms with Crippen LogP contribution in [0.15, 0.2) is 4.52 Å². The highest BCUT2D eigenvalue weighted by atomic mass is 32.2. The van der Waals surface area contributed by atoms with Gasteiger partial charge in [0.1, 0.15) is 0 Å². The second-order valence-electron chi connectivity index (χ2n) is 3.72. The molecule has 1 heterocycles. The van der Waals surface area contributed by atoms with Gasteiger partial charge in [0.2, 0.25) is 5.89 Å². The number of hydrogen-bond donors (Lipinski definition) is 1. The molecule has 1 aromatic heterocycles. The summed E-state index contributed by atoms with van der Waals surface area (Å²) in [4.78, 5) is 4.13. The van der Waals surface area contributed by atoms with Crippen LogP contribution in [0.25, 0.3) is 0 Å². The first-order chi connectivity index (χ1) is 6.74. The SMILES string of the molecule is CSC1(CNCc2noc(C)n2)CC1. The molecule has 14 heavy (non-hydrogen) atoms. The van der Waals surface area contributed by atoms with Crippen molar-refractivity contribution in [3.8, 4) is 0 Å². The van der Waals surface area contributed by atoms with Crippen LogP contribution in [0, 0.1) is 6.92 Å². The third-order valence-electron chi connectivity index (χ3n) is 2.54. The first-order valence-corrected chi connectivity index (χ1v) is 6.02. The van der Waals surface area contributed by atoms with Crippen LogP contribution in [0.4, 0.5) is 0 Å². The average Bonchev–Trinajstić information content (AvgIpc) is 2.84. The van der Waals surface area contributed by atoms with Crippen LogP contribution < -0.4 is 5.32 Å². The Balaban J connectivity index is 1.73. The molecule has 78 valence electrons. The molecule has 0 atom stereocenters. The zero-order valence-corrected chi connectivity index (χ0v) is 9.36. The number of nitrogens with one attached hydrogen (secondary N) is 1. The van der Waals surface area contributed by atoms with Crippen molar-refractivity contribution in [2.75, 3.05) is 12.8 Å². The molecule has 1 aromatic rings. The Bertz CT molecular complexity index is 309. The van der Waals surface area contributed by atoms with Crippen LogP contribution in [-0.4, -0.2) is 27.7 Å². The first kappa shape index (κ1) is 9.98. The van der Waals surface area contributed by atoms with Crippen LogP contribution in [-0.2, 0) is 6.54 Å². The van der Waals surface area contributed by atoms with Crippen molar-refractivity contribution < 1.29 is 4.52 Å². The molecule has 0 aromatic carbocycles. The molecule has 0 spiro atoms. The largest absolute Gasteiger partial charge is 0.340 e. The zero-order chi connectivity index (χ0) is 10.0. The smallest absolute Gasteiger partial charge is 0.223 e. The summed E-state index contributed by atoms with van der Waals surface area (Å²) < 4.78 is 5.38. The van der Waals surface area contributed by atoms with Gasteiger partial charge in [0, 0.05) is 18.2 Å². The van der Waals surface area contributed by atoms with Crippen molar-refractivity contribution in [2.24, 2.45) is 0 Å². The van der Waals surface area contributed by atoms with Gasteiger partial charge in [0.15, 0.2) is 5.82 Å². The quantitative estimate of drug-likeness (QED) is 0.800. The second kappa shape index (κ2) is 3.90. The lowest BCUT2D eigenvalue weighted by atomic mass is 10.4. The molecule has 0 unspecified atom stereocenters. The number of thioether (sulfide) groups is 1. The molecule has 2 rings (SSSR count). The molecule has 1 aliphatic carbocycles. The highest BCUT2D eigenvalue weighted by Gasteiger charge is 2.41. The molecule has 5 heteroatoms. The third kappa shape index (κ3) is 2.27. The Morgan fingerprint density at radius 2 is 2.36 bits per heavy atom. The summed E-state index contributed by atoms with van der Waals surface area (Å²) in [5, 5.41) is 7.19. The lowest BCUT2D eigenvalue weighted by Crippen LogP contribution is -2.25. The first-order valence-electron chi connectivity index (χ1n) is 4.79. The standard InChI is InChI=1S/C9H15N3OS/c1-7-11-8(12-13-7)5-10-6-9(14-2)3-4-9/h10H,3-6H2,1-2H3. The van der Waals surface area contributed by atoms with E-state index in [0.29, 0.717) is 17.2 Å². The average molecular weight is 213 g/mol. The maximum atomic E-state index is 4.88. The summed E-state index contributed by atoms with van der Waals surface area (Å²) in [5.41, 5.74) is 0. The van der Waals surface area contributed by atoms with Gasteiger partial charge < -0.3 is 9.84 Å². The summed E-state index contributed by atoms with van der Waals surface area (Å²) in [6.45, 7) is 3.56. The van der Waals surface area contributed by atoms with Crippen molar-refractivity contribution in [2.45, 2.75) is 31.1 Å². The third-order valence-corrected chi connectivity index (χ3v) is 3.96. The highest BCUT2D eigenvalue weighted by molar-refractivity contribution is 8.00. The van der Waals surface area contributed by atoms with Gasteiger partial charge in [0.25, 0.3) is 0 Å². The Morgan fingerprint density at radius 1 is 1.57 bits per heavy atom. The summed E-state index contributed by atoms with van der Waals surface area (Å²) in [7, 11) is 0. The Kier molecular flexibility index (Phi) is 2.78. The van der Waals surface area contributed by atoms with E-state index >= 15 is 0 Å². The highest BCUT2D eigenvalue weighted by Crippen LogP contribution is 2.46. The Morgan fingerprint density at radius 3 is 2.86 bits per heavy atom. The minimum Gasteiger partial charge on any atom is -0.340 e. The number of nitrogens with zero attached hydrogens (tertiary/aromatic N) is 2. The maximum absolute atomic E-state index is 4.88. The summed E-state index contributed by atoms with van der Waals surface area (Å²) in [6, 6.07) is 0. The minimum atomic E-state index is 0.499. The van der Waals surface area contributed by atoms with E-state index < -0.39 is 0 Å². The van der Waals surface area contributed by atoms with E-state index in [1.54, 1.807) is 6.92 Å². The Hall–Kier alpha value is -0.550. The molecule has 1 fully saturated rings. The fourth-order valence-electron chi connectivity index (χ4n) is 1.41. The monoisotopic (exact) mass is 213 g/mol. The fourth-order valence-corrected chi connectivity index (χ4v) is 2.16. The van der Waals surface area contributed by atoms with Crippen LogP contribution >= 0.6 is 11.8 Å². The van der Waals surface area contributed by atoms with Crippen molar-refractivity contribution in [1.82, 2.24) is 15.5 Å². The van der Waals surface area contributed by atoms with Crippen LogP contribution in [0.5, 0.6) is 0 Å². The number of aryl methyl sites for hydroxylation is 1. The van der Waals surface area contributed by atoms with E-state index in [1.165, 1.54) is 12.8 Å². The molecule has 0 saturated heterocycles. The molecule has 0 amide bonds. The van der Waals surface area contributed by atoms with Gasteiger partial charge in [-0.1, -0.05) is 5.16 Å². The van der Waals surface area contributed by atoms with E-state index in [1.807, 2.05) is 11.8 Å². The molecular formula is C9H15N3OS. The molecule has 0 aliphatic heterocycles.